The van der Waals surface area contributed by atoms with Gasteiger partial charge in [-0.1, -0.05) is 13.0 Å². The van der Waals surface area contributed by atoms with Crippen molar-refractivity contribution in [2.45, 2.75) is 19.8 Å². The first-order chi connectivity index (χ1) is 7.25. The first-order valence-electron chi connectivity index (χ1n) is 5.23. The van der Waals surface area contributed by atoms with Crippen molar-refractivity contribution in [2.24, 2.45) is 5.73 Å². The molecule has 0 spiro atoms. The van der Waals surface area contributed by atoms with E-state index in [4.69, 9.17) is 4.74 Å². The molecule has 0 saturated carbocycles. The second-order valence-electron chi connectivity index (χ2n) is 3.09. The van der Waals surface area contributed by atoms with Crippen LogP contribution in [0.3, 0.4) is 0 Å². The van der Waals surface area contributed by atoms with Crippen LogP contribution in [0.15, 0.2) is 22.5 Å². The zero-order chi connectivity index (χ0) is 11.7. The summed E-state index contributed by atoms with van der Waals surface area (Å²) in [5, 5.41) is 0. The molecule has 1 saturated heterocycles. The van der Waals surface area contributed by atoms with Crippen LogP contribution in [-0.4, -0.2) is 32.1 Å². The van der Waals surface area contributed by atoms with Crippen molar-refractivity contribution in [1.29, 1.82) is 0 Å². The summed E-state index contributed by atoms with van der Waals surface area (Å²) in [4.78, 5) is 2.13. The highest BCUT2D eigenvalue weighted by molar-refractivity contribution is 9.11. The Morgan fingerprint density at radius 3 is 2.80 bits per heavy atom. The van der Waals surface area contributed by atoms with Crippen LogP contribution in [0.1, 0.15) is 19.8 Å². The lowest BCUT2D eigenvalue weighted by atomic mass is 10.3. The number of nitrogens with zero attached hydrogens (tertiary/aromatic N) is 1. The minimum absolute atomic E-state index is 0.828. The van der Waals surface area contributed by atoms with E-state index in [9.17, 15) is 0 Å². The van der Waals surface area contributed by atoms with Gasteiger partial charge >= 0.3 is 0 Å². The van der Waals surface area contributed by atoms with Crippen LogP contribution < -0.4 is 5.73 Å². The fourth-order valence-corrected chi connectivity index (χ4v) is 1.83. The van der Waals surface area contributed by atoms with E-state index in [1.165, 1.54) is 7.05 Å². The number of nitrogens with two attached hydrogens (primary N) is 1. The number of hydrogen-bond acceptors (Lipinski definition) is 3. The smallest absolute Gasteiger partial charge is 0.203 e. The first-order valence-corrected chi connectivity index (χ1v) is 6.03. The van der Waals surface area contributed by atoms with Gasteiger partial charge in [-0.25, -0.2) is 0 Å². The molecular formula is C11H21BrN2O. The Balaban J connectivity index is 0.000000921. The van der Waals surface area contributed by atoms with Gasteiger partial charge in [0.25, 0.3) is 0 Å². The molecule has 0 bridgehead atoms. The fourth-order valence-electron chi connectivity index (χ4n) is 1.23. The molecule has 1 rings (SSSR count). The third-order valence-electron chi connectivity index (χ3n) is 1.93. The number of rotatable bonds is 2. The molecule has 1 heterocycles. The largest absolute Gasteiger partial charge is 0.478 e. The highest BCUT2D eigenvalue weighted by Gasteiger charge is 2.14. The number of halogens is 1. The molecule has 0 aromatic carbocycles. The molecule has 1 fully saturated rings. The molecule has 0 aromatic rings. The summed E-state index contributed by atoms with van der Waals surface area (Å²) >= 11 is 3.51. The van der Waals surface area contributed by atoms with E-state index in [2.05, 4.69) is 52.7 Å². The van der Waals surface area contributed by atoms with Gasteiger partial charge in [-0.3, -0.25) is 0 Å². The molecule has 88 valence electrons. The van der Waals surface area contributed by atoms with E-state index in [1.807, 2.05) is 0 Å². The average molecular weight is 277 g/mol. The third-order valence-corrected chi connectivity index (χ3v) is 2.53. The minimum Gasteiger partial charge on any atom is -0.478 e. The van der Waals surface area contributed by atoms with Crippen LogP contribution in [0, 0.1) is 0 Å². The Morgan fingerprint density at radius 2 is 2.27 bits per heavy atom. The summed E-state index contributed by atoms with van der Waals surface area (Å²) in [7, 11) is 3.55. The molecule has 1 aliphatic heterocycles. The highest BCUT2D eigenvalue weighted by atomic mass is 79.9. The van der Waals surface area contributed by atoms with E-state index in [0.717, 1.165) is 36.4 Å². The highest BCUT2D eigenvalue weighted by Crippen LogP contribution is 2.21. The van der Waals surface area contributed by atoms with E-state index < -0.39 is 0 Å². The summed E-state index contributed by atoms with van der Waals surface area (Å²) in [5.74, 6) is 0.955. The van der Waals surface area contributed by atoms with E-state index in [1.54, 1.807) is 0 Å². The third kappa shape index (κ3) is 5.23. The topological polar surface area (TPSA) is 38.5 Å². The molecular weight excluding hydrogens is 256 g/mol. The maximum atomic E-state index is 5.56. The molecule has 0 atom stereocenters. The summed E-state index contributed by atoms with van der Waals surface area (Å²) < 4.78 is 6.59. The van der Waals surface area contributed by atoms with Crippen molar-refractivity contribution in [3.63, 3.8) is 0 Å². The zero-order valence-corrected chi connectivity index (χ0v) is 11.4. The molecule has 3 nitrogen and oxygen atoms in total. The lowest BCUT2D eigenvalue weighted by Gasteiger charge is -2.28. The van der Waals surface area contributed by atoms with Crippen LogP contribution in [-0.2, 0) is 4.74 Å². The van der Waals surface area contributed by atoms with Crippen molar-refractivity contribution in [3.8, 4) is 0 Å². The van der Waals surface area contributed by atoms with Gasteiger partial charge in [0.2, 0.25) is 5.88 Å². The van der Waals surface area contributed by atoms with Crippen molar-refractivity contribution < 1.29 is 4.74 Å². The van der Waals surface area contributed by atoms with Crippen molar-refractivity contribution in [2.75, 3.05) is 27.2 Å². The van der Waals surface area contributed by atoms with Crippen molar-refractivity contribution in [3.05, 3.63) is 22.5 Å². The van der Waals surface area contributed by atoms with Crippen LogP contribution in [0.2, 0.25) is 0 Å². The Labute approximate surface area is 101 Å². The van der Waals surface area contributed by atoms with Gasteiger partial charge in [0.1, 0.15) is 0 Å². The van der Waals surface area contributed by atoms with Crippen molar-refractivity contribution in [1.82, 2.24) is 4.90 Å². The Kier molecular flexibility index (Phi) is 8.52. The SMILES string of the molecule is CC/C=C\C(Br)=C1\OCCCN1C.CN. The van der Waals surface area contributed by atoms with Gasteiger partial charge in [0, 0.05) is 13.6 Å². The van der Waals surface area contributed by atoms with Crippen LogP contribution in [0.25, 0.3) is 0 Å². The number of allylic oxidation sites excluding steroid dienone is 3. The predicted molar refractivity (Wildman–Crippen MR) is 68.7 cm³/mol. The molecule has 0 aromatic heterocycles. The minimum atomic E-state index is 0.828. The number of ether oxygens (including phenoxy) is 1. The Bertz CT molecular complexity index is 227. The maximum absolute atomic E-state index is 5.56. The standard InChI is InChI=1S/C10H16BrNO.CH5N/c1-3-4-6-9(11)10-12(2)7-5-8-13-10;1-2/h4,6H,3,5,7-8H2,1-2H3;2H2,1H3/b6-4-,10-9-;. The molecule has 4 heteroatoms. The molecule has 2 N–H and O–H groups in total. The van der Waals surface area contributed by atoms with E-state index in [0.29, 0.717) is 0 Å². The van der Waals surface area contributed by atoms with E-state index in [-0.39, 0.29) is 0 Å². The quantitative estimate of drug-likeness (QED) is 0.842. The molecule has 0 radical (unpaired) electrons. The maximum Gasteiger partial charge on any atom is 0.203 e. The summed E-state index contributed by atoms with van der Waals surface area (Å²) in [6.45, 7) is 4.02. The van der Waals surface area contributed by atoms with Gasteiger partial charge < -0.3 is 15.4 Å². The van der Waals surface area contributed by atoms with Crippen molar-refractivity contribution >= 4 is 15.9 Å². The number of hydrogen-bond donors (Lipinski definition) is 1. The summed E-state index contributed by atoms with van der Waals surface area (Å²) in [5.41, 5.74) is 4.50. The fraction of sp³-hybridized carbons (Fsp3) is 0.636. The second kappa shape index (κ2) is 8.80. The van der Waals surface area contributed by atoms with Crippen LogP contribution >= 0.6 is 15.9 Å². The molecule has 0 amide bonds. The normalized spacial score (nSPS) is 19.4. The molecule has 0 aliphatic carbocycles. The Morgan fingerprint density at radius 1 is 1.60 bits per heavy atom. The summed E-state index contributed by atoms with van der Waals surface area (Å²) in [6, 6.07) is 0. The van der Waals surface area contributed by atoms with Gasteiger partial charge in [0.15, 0.2) is 0 Å². The van der Waals surface area contributed by atoms with Gasteiger partial charge in [0.05, 0.1) is 11.1 Å². The van der Waals surface area contributed by atoms with Gasteiger partial charge in [-0.2, -0.15) is 0 Å². The summed E-state index contributed by atoms with van der Waals surface area (Å²) in [6.07, 6.45) is 6.32. The zero-order valence-electron chi connectivity index (χ0n) is 9.79. The average Bonchev–Trinajstić information content (AvgIpc) is 2.29. The first kappa shape index (κ1) is 14.5. The van der Waals surface area contributed by atoms with Gasteiger partial charge in [-0.15, -0.1) is 0 Å². The lowest BCUT2D eigenvalue weighted by Crippen LogP contribution is -2.27. The second-order valence-corrected chi connectivity index (χ2v) is 3.94. The Hall–Kier alpha value is -0.480. The van der Waals surface area contributed by atoms with Gasteiger partial charge in [-0.05, 0) is 41.9 Å². The van der Waals surface area contributed by atoms with E-state index >= 15 is 0 Å². The van der Waals surface area contributed by atoms with Crippen LogP contribution in [0.4, 0.5) is 0 Å². The molecule has 0 unspecified atom stereocenters. The lowest BCUT2D eigenvalue weighted by molar-refractivity contribution is 0.0795. The monoisotopic (exact) mass is 276 g/mol. The molecule has 1 aliphatic rings. The molecule has 15 heavy (non-hydrogen) atoms. The predicted octanol–water partition coefficient (Wildman–Crippen LogP) is 2.44. The van der Waals surface area contributed by atoms with Crippen LogP contribution in [0.5, 0.6) is 0 Å².